The third kappa shape index (κ3) is 2.89. The molecule has 1 aromatic rings. The number of aliphatic carboxylic acids is 1. The Kier molecular flexibility index (Phi) is 3.29. The van der Waals surface area contributed by atoms with Gasteiger partial charge >= 0.3 is 5.97 Å². The molecule has 0 saturated carbocycles. The highest BCUT2D eigenvalue weighted by molar-refractivity contribution is 7.14. The fourth-order valence-corrected chi connectivity index (χ4v) is 2.30. The van der Waals surface area contributed by atoms with Gasteiger partial charge in [-0.3, -0.25) is 9.59 Å². The molecule has 0 amide bonds. The van der Waals surface area contributed by atoms with Gasteiger partial charge in [0, 0.05) is 4.88 Å². The van der Waals surface area contributed by atoms with Gasteiger partial charge in [0.05, 0.1) is 10.3 Å². The Balaban J connectivity index is 2.82. The van der Waals surface area contributed by atoms with Crippen LogP contribution in [0, 0.1) is 5.41 Å². The Morgan fingerprint density at radius 3 is 2.40 bits per heavy atom. The lowest BCUT2D eigenvalue weighted by molar-refractivity contribution is -0.146. The normalized spacial score (nSPS) is 11.4. The molecule has 1 N–H and O–H groups in total. The predicted molar refractivity (Wildman–Crippen MR) is 59.4 cm³/mol. The fourth-order valence-electron chi connectivity index (χ4n) is 1.17. The van der Waals surface area contributed by atoms with E-state index in [1.54, 1.807) is 19.9 Å². The highest BCUT2D eigenvalue weighted by Crippen LogP contribution is 2.27. The molecular weight excluding hydrogens is 212 g/mol. The Labute approximate surface area is 92.7 Å². The first-order valence-electron chi connectivity index (χ1n) is 4.66. The summed E-state index contributed by atoms with van der Waals surface area (Å²) >= 11 is 1.37. The van der Waals surface area contributed by atoms with E-state index in [2.05, 4.69) is 0 Å². The minimum absolute atomic E-state index is 0.0272. The zero-order valence-corrected chi connectivity index (χ0v) is 9.85. The van der Waals surface area contributed by atoms with Gasteiger partial charge in [-0.05, 0) is 39.3 Å². The molecule has 0 unspecified atom stereocenters. The van der Waals surface area contributed by atoms with Crippen LogP contribution < -0.4 is 0 Å². The number of carboxylic acid groups (broad SMARTS) is 1. The van der Waals surface area contributed by atoms with Gasteiger partial charge in [0.25, 0.3) is 0 Å². The molecule has 4 heteroatoms. The van der Waals surface area contributed by atoms with E-state index in [0.29, 0.717) is 11.3 Å². The molecule has 0 saturated heterocycles. The average Bonchev–Trinajstić information content (AvgIpc) is 2.51. The number of carbonyl (C=O) groups excluding carboxylic acids is 1. The van der Waals surface area contributed by atoms with E-state index in [9.17, 15) is 9.59 Å². The van der Waals surface area contributed by atoms with Crippen molar-refractivity contribution in [2.24, 2.45) is 5.41 Å². The van der Waals surface area contributed by atoms with E-state index in [0.717, 1.165) is 4.88 Å². The summed E-state index contributed by atoms with van der Waals surface area (Å²) in [6, 6.07) is 3.58. The molecule has 0 spiro atoms. The molecule has 0 fully saturated rings. The number of thiophene rings is 1. The van der Waals surface area contributed by atoms with Crippen LogP contribution in [0.4, 0.5) is 0 Å². The van der Waals surface area contributed by atoms with Crippen LogP contribution in [0.15, 0.2) is 12.1 Å². The van der Waals surface area contributed by atoms with Crippen molar-refractivity contribution in [3.05, 3.63) is 21.9 Å². The molecule has 0 aliphatic heterocycles. The minimum Gasteiger partial charge on any atom is -0.481 e. The van der Waals surface area contributed by atoms with Gasteiger partial charge in [-0.1, -0.05) is 0 Å². The minimum atomic E-state index is -0.819. The van der Waals surface area contributed by atoms with E-state index < -0.39 is 11.4 Å². The number of Topliss-reactive ketones (excluding diaryl/α,β-unsaturated/α-hetero) is 1. The fraction of sp³-hybridized carbons (Fsp3) is 0.455. The van der Waals surface area contributed by atoms with E-state index in [1.807, 2.05) is 6.07 Å². The van der Waals surface area contributed by atoms with Crippen LogP contribution in [-0.4, -0.2) is 16.9 Å². The second-order valence-electron chi connectivity index (χ2n) is 4.19. The predicted octanol–water partition coefficient (Wildman–Crippen LogP) is 2.60. The van der Waals surface area contributed by atoms with Gasteiger partial charge in [-0.15, -0.1) is 11.3 Å². The molecule has 0 aliphatic carbocycles. The standard InChI is InChI=1S/C11H14O3S/c1-7(12)9-5-4-8(15-9)6-11(2,3)10(13)14/h4-5H,6H2,1-3H3,(H,13,14). The third-order valence-electron chi connectivity index (χ3n) is 2.20. The van der Waals surface area contributed by atoms with Crippen molar-refractivity contribution >= 4 is 23.1 Å². The van der Waals surface area contributed by atoms with Crippen LogP contribution in [0.1, 0.15) is 35.3 Å². The van der Waals surface area contributed by atoms with Crippen LogP contribution in [0.3, 0.4) is 0 Å². The van der Waals surface area contributed by atoms with Crippen molar-refractivity contribution in [3.8, 4) is 0 Å². The average molecular weight is 226 g/mol. The summed E-state index contributed by atoms with van der Waals surface area (Å²) in [7, 11) is 0. The monoisotopic (exact) mass is 226 g/mol. The van der Waals surface area contributed by atoms with Crippen molar-refractivity contribution in [1.82, 2.24) is 0 Å². The van der Waals surface area contributed by atoms with Gasteiger partial charge in [0.2, 0.25) is 0 Å². The van der Waals surface area contributed by atoms with Crippen molar-refractivity contribution in [1.29, 1.82) is 0 Å². The summed E-state index contributed by atoms with van der Waals surface area (Å²) in [6.45, 7) is 4.88. The number of hydrogen-bond donors (Lipinski definition) is 1. The quantitative estimate of drug-likeness (QED) is 0.803. The maximum atomic E-state index is 11.1. The zero-order valence-electron chi connectivity index (χ0n) is 9.03. The van der Waals surface area contributed by atoms with Crippen LogP contribution >= 0.6 is 11.3 Å². The van der Waals surface area contributed by atoms with E-state index >= 15 is 0 Å². The number of carboxylic acids is 1. The van der Waals surface area contributed by atoms with Gasteiger partial charge in [-0.2, -0.15) is 0 Å². The molecule has 0 atom stereocenters. The Morgan fingerprint density at radius 1 is 1.40 bits per heavy atom. The Bertz CT molecular complexity index is 390. The van der Waals surface area contributed by atoms with Crippen LogP contribution in [0.2, 0.25) is 0 Å². The topological polar surface area (TPSA) is 54.4 Å². The van der Waals surface area contributed by atoms with Crippen LogP contribution in [-0.2, 0) is 11.2 Å². The first kappa shape index (κ1) is 11.9. The number of hydrogen-bond acceptors (Lipinski definition) is 3. The third-order valence-corrected chi connectivity index (χ3v) is 3.39. The highest BCUT2D eigenvalue weighted by atomic mass is 32.1. The highest BCUT2D eigenvalue weighted by Gasteiger charge is 2.28. The van der Waals surface area contributed by atoms with E-state index in [-0.39, 0.29) is 5.78 Å². The largest absolute Gasteiger partial charge is 0.481 e. The Hall–Kier alpha value is -1.16. The van der Waals surface area contributed by atoms with Crippen LogP contribution in [0.5, 0.6) is 0 Å². The SMILES string of the molecule is CC(=O)c1ccc(CC(C)(C)C(=O)O)s1. The summed E-state index contributed by atoms with van der Waals surface area (Å²) in [5.74, 6) is -0.792. The second-order valence-corrected chi connectivity index (χ2v) is 5.36. The molecule has 1 aromatic heterocycles. The summed E-state index contributed by atoms with van der Waals surface area (Å²) in [5, 5.41) is 8.96. The first-order valence-corrected chi connectivity index (χ1v) is 5.47. The van der Waals surface area contributed by atoms with E-state index in [4.69, 9.17) is 5.11 Å². The maximum absolute atomic E-state index is 11.1. The smallest absolute Gasteiger partial charge is 0.309 e. The molecule has 1 heterocycles. The lowest BCUT2D eigenvalue weighted by Gasteiger charge is -2.17. The second kappa shape index (κ2) is 4.14. The van der Waals surface area contributed by atoms with Gasteiger partial charge in [-0.25, -0.2) is 0 Å². The van der Waals surface area contributed by atoms with Crippen molar-refractivity contribution in [2.75, 3.05) is 0 Å². The molecule has 0 bridgehead atoms. The number of carbonyl (C=O) groups is 2. The molecule has 0 radical (unpaired) electrons. The summed E-state index contributed by atoms with van der Waals surface area (Å²) in [4.78, 5) is 23.6. The molecule has 0 aromatic carbocycles. The Morgan fingerprint density at radius 2 is 2.00 bits per heavy atom. The maximum Gasteiger partial charge on any atom is 0.309 e. The lowest BCUT2D eigenvalue weighted by Crippen LogP contribution is -2.25. The molecule has 1 rings (SSSR count). The van der Waals surface area contributed by atoms with Gasteiger partial charge < -0.3 is 5.11 Å². The van der Waals surface area contributed by atoms with Gasteiger partial charge in [0.1, 0.15) is 0 Å². The van der Waals surface area contributed by atoms with Crippen LogP contribution in [0.25, 0.3) is 0 Å². The number of rotatable bonds is 4. The first-order chi connectivity index (χ1) is 6.83. The van der Waals surface area contributed by atoms with Gasteiger partial charge in [0.15, 0.2) is 5.78 Å². The van der Waals surface area contributed by atoms with E-state index in [1.165, 1.54) is 18.3 Å². The van der Waals surface area contributed by atoms with Crippen molar-refractivity contribution in [2.45, 2.75) is 27.2 Å². The summed E-state index contributed by atoms with van der Waals surface area (Å²) < 4.78 is 0. The summed E-state index contributed by atoms with van der Waals surface area (Å²) in [6.07, 6.45) is 0.459. The molecule has 3 nitrogen and oxygen atoms in total. The molecule has 0 aliphatic rings. The lowest BCUT2D eigenvalue weighted by atomic mass is 9.89. The molecule has 15 heavy (non-hydrogen) atoms. The van der Waals surface area contributed by atoms with Crippen molar-refractivity contribution < 1.29 is 14.7 Å². The van der Waals surface area contributed by atoms with Crippen molar-refractivity contribution in [3.63, 3.8) is 0 Å². The molecule has 82 valence electrons. The zero-order chi connectivity index (χ0) is 11.6. The summed E-state index contributed by atoms with van der Waals surface area (Å²) in [5.41, 5.74) is -0.779. The molecular formula is C11H14O3S. The number of ketones is 1.